The lowest BCUT2D eigenvalue weighted by Crippen LogP contribution is -2.03. The molecular weight excluding hydrogens is 212 g/mol. The molecule has 17 heavy (non-hydrogen) atoms. The molecule has 0 atom stereocenters. The van der Waals surface area contributed by atoms with Crippen LogP contribution in [0.2, 0.25) is 0 Å². The minimum atomic E-state index is 0.723. The lowest BCUT2D eigenvalue weighted by molar-refractivity contribution is 0.111. The molecule has 2 aromatic rings. The largest absolute Gasteiger partial charge is 0.296 e. The van der Waals surface area contributed by atoms with Gasteiger partial charge in [0.1, 0.15) is 5.69 Å². The Hall–Kier alpha value is -1.90. The molecule has 3 rings (SSSR count). The van der Waals surface area contributed by atoms with E-state index in [0.717, 1.165) is 48.2 Å². The molecule has 0 saturated heterocycles. The van der Waals surface area contributed by atoms with Gasteiger partial charge in [0.15, 0.2) is 6.29 Å². The number of hydrogen-bond donors (Lipinski definition) is 0. The Morgan fingerprint density at radius 1 is 1.24 bits per heavy atom. The summed E-state index contributed by atoms with van der Waals surface area (Å²) in [6, 6.07) is 8.09. The summed E-state index contributed by atoms with van der Waals surface area (Å²) >= 11 is 0. The van der Waals surface area contributed by atoms with Crippen molar-refractivity contribution in [3.8, 4) is 5.69 Å². The van der Waals surface area contributed by atoms with E-state index in [-0.39, 0.29) is 0 Å². The summed E-state index contributed by atoms with van der Waals surface area (Å²) in [6.07, 6.45) is 4.02. The maximum atomic E-state index is 11.2. The molecule has 0 amide bonds. The highest BCUT2D eigenvalue weighted by atomic mass is 16.1. The van der Waals surface area contributed by atoms with Crippen molar-refractivity contribution in [1.29, 1.82) is 0 Å². The second-order valence-electron chi connectivity index (χ2n) is 4.53. The van der Waals surface area contributed by atoms with Crippen molar-refractivity contribution in [3.63, 3.8) is 0 Å². The molecule has 0 fully saturated rings. The van der Waals surface area contributed by atoms with Crippen LogP contribution in [0.1, 0.15) is 33.7 Å². The number of carbonyl (C=O) groups excluding carboxylic acids is 1. The van der Waals surface area contributed by atoms with E-state index >= 15 is 0 Å². The van der Waals surface area contributed by atoms with E-state index in [4.69, 9.17) is 0 Å². The first-order chi connectivity index (χ1) is 8.29. The Bertz CT molecular complexity index is 567. The number of carbonyl (C=O) groups is 1. The number of aromatic nitrogens is 2. The van der Waals surface area contributed by atoms with Gasteiger partial charge in [-0.1, -0.05) is 17.7 Å². The first kappa shape index (κ1) is 10.3. The van der Waals surface area contributed by atoms with Crippen molar-refractivity contribution >= 4 is 6.29 Å². The van der Waals surface area contributed by atoms with Crippen molar-refractivity contribution < 1.29 is 4.79 Å². The summed E-state index contributed by atoms with van der Waals surface area (Å²) in [4.78, 5) is 11.2. The van der Waals surface area contributed by atoms with E-state index < -0.39 is 0 Å². The van der Waals surface area contributed by atoms with Gasteiger partial charge in [-0.3, -0.25) is 4.79 Å². The first-order valence-electron chi connectivity index (χ1n) is 5.92. The highest BCUT2D eigenvalue weighted by Gasteiger charge is 2.22. The fraction of sp³-hybridized carbons (Fsp3) is 0.286. The molecule has 3 nitrogen and oxygen atoms in total. The van der Waals surface area contributed by atoms with Crippen molar-refractivity contribution in [2.24, 2.45) is 0 Å². The molecule has 1 aromatic heterocycles. The van der Waals surface area contributed by atoms with Gasteiger partial charge in [0.2, 0.25) is 0 Å². The van der Waals surface area contributed by atoms with Crippen LogP contribution in [0.4, 0.5) is 0 Å². The van der Waals surface area contributed by atoms with Crippen LogP contribution in [-0.2, 0) is 12.8 Å². The van der Waals surface area contributed by atoms with Crippen molar-refractivity contribution in [3.05, 3.63) is 46.8 Å². The Labute approximate surface area is 100 Å². The van der Waals surface area contributed by atoms with Crippen LogP contribution in [0.15, 0.2) is 24.3 Å². The van der Waals surface area contributed by atoms with Crippen LogP contribution >= 0.6 is 0 Å². The monoisotopic (exact) mass is 226 g/mol. The van der Waals surface area contributed by atoms with Crippen LogP contribution in [0.3, 0.4) is 0 Å². The molecule has 1 aliphatic carbocycles. The minimum Gasteiger partial charge on any atom is -0.296 e. The molecule has 0 bridgehead atoms. The summed E-state index contributed by atoms with van der Waals surface area (Å²) < 4.78 is 1.77. The third kappa shape index (κ3) is 1.58. The quantitative estimate of drug-likeness (QED) is 0.737. The number of nitrogens with zero attached hydrogens (tertiary/aromatic N) is 2. The highest BCUT2D eigenvalue weighted by Crippen LogP contribution is 2.25. The molecule has 1 aromatic carbocycles. The Kier molecular flexibility index (Phi) is 2.32. The van der Waals surface area contributed by atoms with Gasteiger partial charge in [-0.05, 0) is 38.3 Å². The van der Waals surface area contributed by atoms with E-state index in [0.29, 0.717) is 0 Å². The van der Waals surface area contributed by atoms with Crippen molar-refractivity contribution in [2.75, 3.05) is 0 Å². The fourth-order valence-corrected chi connectivity index (χ4v) is 2.42. The molecule has 0 unspecified atom stereocenters. The van der Waals surface area contributed by atoms with Crippen molar-refractivity contribution in [2.45, 2.75) is 26.2 Å². The zero-order valence-corrected chi connectivity index (χ0v) is 9.81. The normalized spacial score (nSPS) is 13.7. The zero-order chi connectivity index (χ0) is 11.8. The number of aldehydes is 1. The summed E-state index contributed by atoms with van der Waals surface area (Å²) in [5, 5.41) is 4.55. The SMILES string of the molecule is Cc1ccc(-n2nc3c(c2C=O)CCC3)cc1. The maximum Gasteiger partial charge on any atom is 0.168 e. The second-order valence-corrected chi connectivity index (χ2v) is 4.53. The molecule has 0 aliphatic heterocycles. The van der Waals surface area contributed by atoms with Gasteiger partial charge >= 0.3 is 0 Å². The Balaban J connectivity index is 2.15. The third-order valence-corrected chi connectivity index (χ3v) is 3.34. The van der Waals surface area contributed by atoms with E-state index in [1.807, 2.05) is 31.2 Å². The third-order valence-electron chi connectivity index (χ3n) is 3.34. The molecule has 3 heteroatoms. The van der Waals surface area contributed by atoms with Gasteiger partial charge in [-0.2, -0.15) is 5.10 Å². The van der Waals surface area contributed by atoms with Gasteiger partial charge in [0.05, 0.1) is 11.4 Å². The average molecular weight is 226 g/mol. The predicted molar refractivity (Wildman–Crippen MR) is 65.7 cm³/mol. The van der Waals surface area contributed by atoms with E-state index in [9.17, 15) is 4.79 Å². The van der Waals surface area contributed by atoms with Crippen LogP contribution in [0, 0.1) is 6.92 Å². The Morgan fingerprint density at radius 2 is 2.00 bits per heavy atom. The standard InChI is InChI=1S/C14H14N2O/c1-10-5-7-11(8-6-10)16-14(9-17)12-3-2-4-13(12)15-16/h5-9H,2-4H2,1H3. The fourth-order valence-electron chi connectivity index (χ4n) is 2.42. The number of benzene rings is 1. The molecular formula is C14H14N2O. The molecule has 0 spiro atoms. The van der Waals surface area contributed by atoms with Crippen molar-refractivity contribution in [1.82, 2.24) is 9.78 Å². The smallest absolute Gasteiger partial charge is 0.168 e. The number of rotatable bonds is 2. The molecule has 1 aliphatic rings. The van der Waals surface area contributed by atoms with Gasteiger partial charge < -0.3 is 0 Å². The molecule has 0 radical (unpaired) electrons. The van der Waals surface area contributed by atoms with E-state index in [1.165, 1.54) is 5.56 Å². The number of hydrogen-bond acceptors (Lipinski definition) is 2. The maximum absolute atomic E-state index is 11.2. The lowest BCUT2D eigenvalue weighted by atomic mass is 10.2. The number of fused-ring (bicyclic) bond motifs is 1. The van der Waals surface area contributed by atoms with Gasteiger partial charge in [-0.15, -0.1) is 0 Å². The zero-order valence-electron chi connectivity index (χ0n) is 9.81. The van der Waals surface area contributed by atoms with E-state index in [1.54, 1.807) is 4.68 Å². The topological polar surface area (TPSA) is 34.9 Å². The van der Waals surface area contributed by atoms with Crippen LogP contribution < -0.4 is 0 Å². The molecule has 86 valence electrons. The summed E-state index contributed by atoms with van der Waals surface area (Å²) in [5.41, 5.74) is 5.13. The lowest BCUT2D eigenvalue weighted by Gasteiger charge is -2.05. The minimum absolute atomic E-state index is 0.723. The van der Waals surface area contributed by atoms with Crippen LogP contribution in [0.25, 0.3) is 5.69 Å². The number of aryl methyl sites for hydroxylation is 2. The van der Waals surface area contributed by atoms with Crippen LogP contribution in [-0.4, -0.2) is 16.1 Å². The predicted octanol–water partition coefficient (Wildman–Crippen LogP) is 2.48. The second kappa shape index (κ2) is 3.84. The summed E-state index contributed by atoms with van der Waals surface area (Å²) in [7, 11) is 0. The average Bonchev–Trinajstić information content (AvgIpc) is 2.89. The Morgan fingerprint density at radius 3 is 2.71 bits per heavy atom. The van der Waals surface area contributed by atoms with Gasteiger partial charge in [0, 0.05) is 5.56 Å². The molecule has 0 saturated carbocycles. The highest BCUT2D eigenvalue weighted by molar-refractivity contribution is 5.77. The first-order valence-corrected chi connectivity index (χ1v) is 5.92. The van der Waals surface area contributed by atoms with Gasteiger partial charge in [-0.25, -0.2) is 4.68 Å². The molecule has 0 N–H and O–H groups in total. The summed E-state index contributed by atoms with van der Waals surface area (Å²) in [5.74, 6) is 0. The van der Waals surface area contributed by atoms with E-state index in [2.05, 4.69) is 5.10 Å². The molecule has 1 heterocycles. The van der Waals surface area contributed by atoms with Crippen LogP contribution in [0.5, 0.6) is 0 Å². The summed E-state index contributed by atoms with van der Waals surface area (Å²) in [6.45, 7) is 2.05. The van der Waals surface area contributed by atoms with Gasteiger partial charge in [0.25, 0.3) is 0 Å².